The number of rotatable bonds is 7. The van der Waals surface area contributed by atoms with Crippen molar-refractivity contribution in [1.29, 1.82) is 0 Å². The zero-order chi connectivity index (χ0) is 52.3. The van der Waals surface area contributed by atoms with Crippen molar-refractivity contribution >= 4 is 37.4 Å². The van der Waals surface area contributed by atoms with Crippen molar-refractivity contribution in [1.82, 2.24) is 4.90 Å². The lowest BCUT2D eigenvalue weighted by Gasteiger charge is -2.44. The first kappa shape index (κ1) is 59.7. The molecule has 3 fully saturated rings. The minimum absolute atomic E-state index is 0.0432. The van der Waals surface area contributed by atoms with Gasteiger partial charge in [-0.25, -0.2) is 0 Å². The molecule has 0 aromatic heterocycles. The van der Waals surface area contributed by atoms with Crippen LogP contribution in [0.25, 0.3) is 0 Å². The molecule has 1 unspecified atom stereocenters. The van der Waals surface area contributed by atoms with Gasteiger partial charge in [-0.15, -0.1) is 0 Å². The molecule has 11 heteroatoms. The quantitative estimate of drug-likeness (QED) is 0.139. The summed E-state index contributed by atoms with van der Waals surface area (Å²) in [4.78, 5) is 73.7. The number of hydrogen-bond donors (Lipinski definition) is 0. The van der Waals surface area contributed by atoms with E-state index in [-0.39, 0.29) is 83.1 Å². The Hall–Kier alpha value is -2.83. The second-order valence-electron chi connectivity index (χ2n) is 24.3. The Morgan fingerprint density at radius 1 is 0.814 bits per heavy atom. The van der Waals surface area contributed by atoms with Gasteiger partial charge in [0.2, 0.25) is 0 Å². The maximum atomic E-state index is 14.9. The SMILES string of the molecule is CO[C@H]1C[C@@H]2CC[C@@H](C)C(C)(O2)C(=O)C(=O)N2CCCC[C@H]2C(=O)C[C@H]([C@H](C)C[C@@H]2CC[C@@H](O[Si](C)(C)C(C)(C)C)[C@H](C)C2)CC(=O)[C@H](C)/C=C(\C)[C@@H](C)[C@@H](OC)C(=O)CC[C@H](C)/C=C/C=CC=C1C. The van der Waals surface area contributed by atoms with Crippen LogP contribution < -0.4 is 0 Å². The minimum atomic E-state index is -1.94. The Morgan fingerprint density at radius 2 is 1.50 bits per heavy atom. The molecule has 14 atom stereocenters. The molecule has 1 amide bonds. The van der Waals surface area contributed by atoms with Crippen molar-refractivity contribution in [2.45, 2.75) is 227 Å². The third-order valence-electron chi connectivity index (χ3n) is 17.8. The molecule has 3 aliphatic heterocycles. The van der Waals surface area contributed by atoms with Gasteiger partial charge < -0.3 is 23.5 Å². The summed E-state index contributed by atoms with van der Waals surface area (Å²) in [5.74, 6) is -1.28. The molecular weight excluding hydrogens is 895 g/mol. The van der Waals surface area contributed by atoms with Gasteiger partial charge in [0.05, 0.1) is 18.2 Å². The van der Waals surface area contributed by atoms with E-state index in [9.17, 15) is 24.0 Å². The fourth-order valence-electron chi connectivity index (χ4n) is 11.4. The molecule has 3 heterocycles. The van der Waals surface area contributed by atoms with Crippen LogP contribution in [0.1, 0.15) is 173 Å². The van der Waals surface area contributed by atoms with E-state index in [1.54, 1.807) is 26.0 Å². The van der Waals surface area contributed by atoms with Crippen molar-refractivity contribution in [3.8, 4) is 0 Å². The molecule has 1 aliphatic carbocycles. The fraction of sp³-hybridized carbons (Fsp3) is 0.780. The molecule has 2 bridgehead atoms. The molecular formula is C59H97NO9Si. The van der Waals surface area contributed by atoms with Gasteiger partial charge in [0.1, 0.15) is 17.5 Å². The third kappa shape index (κ3) is 15.8. The van der Waals surface area contributed by atoms with Crippen molar-refractivity contribution in [2.24, 2.45) is 47.3 Å². The number of nitrogens with zero attached hydrogens (tertiary/aromatic N) is 1. The molecule has 0 aromatic carbocycles. The zero-order valence-corrected chi connectivity index (χ0v) is 47.7. The van der Waals surface area contributed by atoms with Crippen LogP contribution in [0, 0.1) is 47.3 Å². The zero-order valence-electron chi connectivity index (χ0n) is 46.7. The first-order valence-corrected chi connectivity index (χ1v) is 30.2. The molecule has 4 rings (SSSR count). The predicted molar refractivity (Wildman–Crippen MR) is 285 cm³/mol. The number of allylic oxidation sites excluding steroid dienone is 6. The van der Waals surface area contributed by atoms with Gasteiger partial charge in [0.15, 0.2) is 19.9 Å². The Balaban J connectivity index is 1.67. The summed E-state index contributed by atoms with van der Waals surface area (Å²) < 4.78 is 25.4. The minimum Gasteiger partial charge on any atom is -0.414 e. The van der Waals surface area contributed by atoms with Crippen LogP contribution in [-0.2, 0) is 42.6 Å². The smallest absolute Gasteiger partial charge is 0.293 e. The van der Waals surface area contributed by atoms with Gasteiger partial charge in [-0.3, -0.25) is 24.0 Å². The van der Waals surface area contributed by atoms with Crippen LogP contribution in [-0.4, -0.2) is 99.1 Å². The second-order valence-corrected chi connectivity index (χ2v) is 29.1. The number of amides is 1. The highest BCUT2D eigenvalue weighted by Crippen LogP contribution is 2.44. The Morgan fingerprint density at radius 3 is 2.14 bits per heavy atom. The first-order valence-electron chi connectivity index (χ1n) is 27.3. The molecule has 1 saturated carbocycles. The molecule has 10 nitrogen and oxygen atoms in total. The van der Waals surface area contributed by atoms with Gasteiger partial charge in [-0.2, -0.15) is 0 Å². The second kappa shape index (κ2) is 26.4. The van der Waals surface area contributed by atoms with Crippen molar-refractivity contribution in [3.05, 3.63) is 47.6 Å². The highest BCUT2D eigenvalue weighted by molar-refractivity contribution is 6.74. The number of piperidine rings is 1. The maximum Gasteiger partial charge on any atom is 0.293 e. The lowest BCUT2D eigenvalue weighted by Crippen LogP contribution is -2.59. The molecule has 396 valence electrons. The maximum absolute atomic E-state index is 14.9. The van der Waals surface area contributed by atoms with E-state index in [4.69, 9.17) is 18.6 Å². The van der Waals surface area contributed by atoms with E-state index in [2.05, 4.69) is 60.7 Å². The van der Waals surface area contributed by atoms with Crippen LogP contribution in [0.4, 0.5) is 0 Å². The number of ether oxygens (including phenoxy) is 3. The Kier molecular flexibility index (Phi) is 22.5. The van der Waals surface area contributed by atoms with Crippen LogP contribution >= 0.6 is 0 Å². The average Bonchev–Trinajstić information content (AvgIpc) is 3.30. The van der Waals surface area contributed by atoms with Crippen LogP contribution in [0.3, 0.4) is 0 Å². The molecule has 4 aliphatic rings. The topological polar surface area (TPSA) is 126 Å². The summed E-state index contributed by atoms with van der Waals surface area (Å²) >= 11 is 0. The Labute approximate surface area is 426 Å². The largest absolute Gasteiger partial charge is 0.414 e. The van der Waals surface area contributed by atoms with Gasteiger partial charge in [0, 0.05) is 64.4 Å². The summed E-state index contributed by atoms with van der Waals surface area (Å²) in [6, 6.07) is -0.743. The fourth-order valence-corrected chi connectivity index (χ4v) is 12.9. The van der Waals surface area contributed by atoms with Crippen LogP contribution in [0.2, 0.25) is 18.1 Å². The van der Waals surface area contributed by atoms with Crippen LogP contribution in [0.5, 0.6) is 0 Å². The average molecular weight is 993 g/mol. The molecule has 70 heavy (non-hydrogen) atoms. The summed E-state index contributed by atoms with van der Waals surface area (Å²) in [7, 11) is 1.32. The molecule has 2 saturated heterocycles. The highest BCUT2D eigenvalue weighted by atomic mass is 28.4. The predicted octanol–water partition coefficient (Wildman–Crippen LogP) is 12.6. The summed E-state index contributed by atoms with van der Waals surface area (Å²) in [5.41, 5.74) is 0.578. The number of carbonyl (C=O) groups is 5. The standard InChI is InChI=1S/C59H97NO9Si/c1-38-22-18-17-19-23-39(2)54(66-13)37-48-28-26-44(7)59(12,68-48)56(64)57(65)60-31-21-20-24-49(60)52(63)36-47(35-51(62)42(5)32-40(3)45(8)55(67-14)50(61)29-25-38)41(4)33-46-27-30-53(43(6)34-46)69-70(15,16)58(9,10)11/h17-19,22-23,32,38,41-49,53-55H,20-21,24-31,33-37H2,1-16H3/b19-17?,22-18+,39-23?,40-32+/t38-,41-,42-,43-,44-,45-,46+,47-,48+,49+,53-,54+,55-,59?/m1/s1. The lowest BCUT2D eigenvalue weighted by atomic mass is 9.72. The lowest BCUT2D eigenvalue weighted by molar-refractivity contribution is -0.183. The van der Waals surface area contributed by atoms with Gasteiger partial charge >= 0.3 is 0 Å². The molecule has 0 radical (unpaired) electrons. The van der Waals surface area contributed by atoms with Gasteiger partial charge in [-0.05, 0) is 144 Å². The third-order valence-corrected chi connectivity index (χ3v) is 22.3. The van der Waals surface area contributed by atoms with Crippen LogP contribution in [0.15, 0.2) is 47.6 Å². The number of Topliss-reactive ketones (excluding diaryl/α,β-unsaturated/α-hetero) is 4. The summed E-state index contributed by atoms with van der Waals surface area (Å²) in [6.07, 6.45) is 20.4. The number of hydrogen-bond acceptors (Lipinski definition) is 9. The Bertz CT molecular complexity index is 1910. The molecule has 0 aromatic rings. The number of fused-ring (bicyclic) bond motifs is 3. The van der Waals surface area contributed by atoms with Gasteiger partial charge in [0.25, 0.3) is 11.7 Å². The number of ketones is 4. The molecule has 0 N–H and O–H groups in total. The molecule has 0 spiro atoms. The van der Waals surface area contributed by atoms with Crippen molar-refractivity contribution < 1.29 is 42.6 Å². The monoisotopic (exact) mass is 992 g/mol. The van der Waals surface area contributed by atoms with E-state index in [1.807, 2.05) is 65.0 Å². The van der Waals surface area contributed by atoms with E-state index in [0.717, 1.165) is 49.7 Å². The van der Waals surface area contributed by atoms with E-state index in [0.29, 0.717) is 56.9 Å². The van der Waals surface area contributed by atoms with E-state index in [1.165, 1.54) is 0 Å². The first-order chi connectivity index (χ1) is 32.7. The summed E-state index contributed by atoms with van der Waals surface area (Å²) in [6.45, 7) is 30.1. The number of carbonyl (C=O) groups excluding carboxylic acids is 5. The number of methoxy groups -OCH3 is 2. The summed E-state index contributed by atoms with van der Waals surface area (Å²) in [5, 5.41) is 0.134. The van der Waals surface area contributed by atoms with Crippen molar-refractivity contribution in [2.75, 3.05) is 20.8 Å². The normalized spacial score (nSPS) is 36.7. The van der Waals surface area contributed by atoms with Crippen molar-refractivity contribution in [3.63, 3.8) is 0 Å². The van der Waals surface area contributed by atoms with E-state index < -0.39 is 43.7 Å². The van der Waals surface area contributed by atoms with E-state index >= 15 is 0 Å². The highest BCUT2D eigenvalue weighted by Gasteiger charge is 2.51. The van der Waals surface area contributed by atoms with Gasteiger partial charge in [-0.1, -0.05) is 104 Å².